The molecule has 1 heterocycles. The summed E-state index contributed by atoms with van der Waals surface area (Å²) in [6.07, 6.45) is 1.45. The first-order chi connectivity index (χ1) is 11.0. The van der Waals surface area contributed by atoms with Crippen LogP contribution in [0.3, 0.4) is 0 Å². The molecule has 0 saturated carbocycles. The van der Waals surface area contributed by atoms with Crippen LogP contribution in [0.1, 0.15) is 5.56 Å². The van der Waals surface area contributed by atoms with E-state index in [1.165, 1.54) is 11.1 Å². The number of halogens is 3. The molecule has 3 rings (SSSR count). The van der Waals surface area contributed by atoms with E-state index in [2.05, 4.69) is 21.4 Å². The molecule has 1 N–H and O–H groups in total. The minimum atomic E-state index is -0.482. The smallest absolute Gasteiger partial charge is 0.267 e. The van der Waals surface area contributed by atoms with Gasteiger partial charge in [-0.3, -0.25) is 15.0 Å². The van der Waals surface area contributed by atoms with Crippen molar-refractivity contribution in [1.29, 1.82) is 0 Å². The molecule has 4 nitrogen and oxygen atoms in total. The zero-order valence-corrected chi connectivity index (χ0v) is 14.6. The Morgan fingerprint density at radius 3 is 2.39 bits per heavy atom. The Hall–Kier alpha value is -1.82. The number of benzene rings is 2. The van der Waals surface area contributed by atoms with E-state index in [1.54, 1.807) is 42.5 Å². The first-order valence-electron chi connectivity index (χ1n) is 6.53. The van der Waals surface area contributed by atoms with Gasteiger partial charge in [-0.15, -0.1) is 0 Å². The average Bonchev–Trinajstić information content (AvgIpc) is 2.78. The van der Waals surface area contributed by atoms with Gasteiger partial charge in [-0.1, -0.05) is 45.2 Å². The third-order valence-corrected chi connectivity index (χ3v) is 4.33. The van der Waals surface area contributed by atoms with Gasteiger partial charge in [0.1, 0.15) is 5.57 Å². The van der Waals surface area contributed by atoms with Gasteiger partial charge in [-0.05, 0) is 48.0 Å². The van der Waals surface area contributed by atoms with Crippen LogP contribution in [-0.2, 0) is 9.59 Å². The summed E-state index contributed by atoms with van der Waals surface area (Å²) in [7, 11) is 0. The summed E-state index contributed by atoms with van der Waals surface area (Å²) in [6, 6.07) is 11.9. The highest BCUT2D eigenvalue weighted by Gasteiger charge is 2.34. The summed E-state index contributed by atoms with van der Waals surface area (Å²) in [6.45, 7) is 0. The summed E-state index contributed by atoms with van der Waals surface area (Å²) in [5.41, 5.74) is 3.66. The molecule has 1 aliphatic rings. The Morgan fingerprint density at radius 1 is 1.04 bits per heavy atom. The zero-order valence-electron chi connectivity index (χ0n) is 11.5. The molecule has 23 heavy (non-hydrogen) atoms. The summed E-state index contributed by atoms with van der Waals surface area (Å²) >= 11 is 15.3. The number of hydrogen-bond donors (Lipinski definition) is 1. The number of rotatable bonds is 2. The predicted molar refractivity (Wildman–Crippen MR) is 94.2 cm³/mol. The number of anilines is 1. The molecular weight excluding hydrogens is 403 g/mol. The average molecular weight is 412 g/mol. The molecule has 0 aromatic heterocycles. The van der Waals surface area contributed by atoms with Gasteiger partial charge in [-0.25, -0.2) is 5.01 Å². The first kappa shape index (κ1) is 16.1. The lowest BCUT2D eigenvalue weighted by Gasteiger charge is -2.14. The van der Waals surface area contributed by atoms with E-state index in [-0.39, 0.29) is 5.57 Å². The van der Waals surface area contributed by atoms with Gasteiger partial charge in [0.15, 0.2) is 0 Å². The molecule has 116 valence electrons. The molecule has 7 heteroatoms. The van der Waals surface area contributed by atoms with Gasteiger partial charge in [0.2, 0.25) is 0 Å². The molecular formula is C16H9BrCl2N2O2. The first-order valence-corrected chi connectivity index (χ1v) is 8.08. The summed E-state index contributed by atoms with van der Waals surface area (Å²) in [4.78, 5) is 24.6. The van der Waals surface area contributed by atoms with Crippen LogP contribution in [0.4, 0.5) is 5.69 Å². The second-order valence-electron chi connectivity index (χ2n) is 4.78. The second-order valence-corrected chi connectivity index (χ2v) is 6.54. The van der Waals surface area contributed by atoms with Crippen molar-refractivity contribution in [2.45, 2.75) is 0 Å². The molecule has 2 aromatic rings. The minimum absolute atomic E-state index is 0.0112. The minimum Gasteiger partial charge on any atom is -0.267 e. The van der Waals surface area contributed by atoms with Gasteiger partial charge >= 0.3 is 0 Å². The number of nitrogens with one attached hydrogen (secondary N) is 1. The maximum absolute atomic E-state index is 12.5. The summed E-state index contributed by atoms with van der Waals surface area (Å²) < 4.78 is 0.878. The van der Waals surface area contributed by atoms with E-state index >= 15 is 0 Å². The Morgan fingerprint density at radius 2 is 1.74 bits per heavy atom. The number of carbonyl (C=O) groups is 2. The summed E-state index contributed by atoms with van der Waals surface area (Å²) in [5, 5.41) is 2.05. The molecule has 1 fully saturated rings. The van der Waals surface area contributed by atoms with Crippen LogP contribution in [0, 0.1) is 0 Å². The van der Waals surface area contributed by atoms with E-state index in [0.29, 0.717) is 21.3 Å². The van der Waals surface area contributed by atoms with Crippen molar-refractivity contribution in [3.8, 4) is 0 Å². The van der Waals surface area contributed by atoms with E-state index < -0.39 is 11.8 Å². The van der Waals surface area contributed by atoms with E-state index in [4.69, 9.17) is 23.2 Å². The van der Waals surface area contributed by atoms with Crippen LogP contribution in [0.5, 0.6) is 0 Å². The highest BCUT2D eigenvalue weighted by atomic mass is 79.9. The van der Waals surface area contributed by atoms with Gasteiger partial charge in [-0.2, -0.15) is 0 Å². The van der Waals surface area contributed by atoms with Crippen molar-refractivity contribution >= 4 is 62.7 Å². The third kappa shape index (κ3) is 3.27. The largest absolute Gasteiger partial charge is 0.282 e. The highest BCUT2D eigenvalue weighted by molar-refractivity contribution is 9.10. The maximum Gasteiger partial charge on any atom is 0.282 e. The van der Waals surface area contributed by atoms with Gasteiger partial charge in [0, 0.05) is 14.5 Å². The zero-order chi connectivity index (χ0) is 16.6. The number of carbonyl (C=O) groups excluding carboxylic acids is 2. The topological polar surface area (TPSA) is 49.4 Å². The summed E-state index contributed by atoms with van der Waals surface area (Å²) in [5.74, 6) is -0.924. The molecule has 2 amide bonds. The fourth-order valence-electron chi connectivity index (χ4n) is 2.10. The standard InChI is InChI=1S/C16H9BrCl2N2O2/c17-10-2-5-12(6-3-10)21-16(23)13(15(22)20-21)7-9-1-4-11(18)8-14(9)19/h1-8H,(H,20,22)/b13-7-. The maximum atomic E-state index is 12.5. The fraction of sp³-hybridized carbons (Fsp3) is 0. The van der Waals surface area contributed by atoms with Crippen molar-refractivity contribution < 1.29 is 9.59 Å². The lowest BCUT2D eigenvalue weighted by Crippen LogP contribution is -2.35. The van der Waals surface area contributed by atoms with Crippen molar-refractivity contribution in [2.24, 2.45) is 0 Å². The Bertz CT molecular complexity index is 834. The van der Waals surface area contributed by atoms with E-state index in [1.807, 2.05) is 0 Å². The van der Waals surface area contributed by atoms with Crippen molar-refractivity contribution in [3.05, 3.63) is 68.1 Å². The number of nitrogens with zero attached hydrogens (tertiary/aromatic N) is 1. The fourth-order valence-corrected chi connectivity index (χ4v) is 2.83. The van der Waals surface area contributed by atoms with Crippen LogP contribution in [0.15, 0.2) is 52.5 Å². The van der Waals surface area contributed by atoms with Gasteiger partial charge in [0.25, 0.3) is 11.8 Å². The molecule has 1 saturated heterocycles. The van der Waals surface area contributed by atoms with Crippen molar-refractivity contribution in [2.75, 3.05) is 5.01 Å². The van der Waals surface area contributed by atoms with E-state index in [0.717, 1.165) is 4.47 Å². The lowest BCUT2D eigenvalue weighted by molar-refractivity contribution is -0.117. The molecule has 0 bridgehead atoms. The lowest BCUT2D eigenvalue weighted by atomic mass is 10.1. The number of amides is 2. The SMILES string of the molecule is O=C1NN(c2ccc(Br)cc2)C(=O)/C1=C\c1ccc(Cl)cc1Cl. The van der Waals surface area contributed by atoms with E-state index in [9.17, 15) is 9.59 Å². The van der Waals surface area contributed by atoms with Crippen LogP contribution >= 0.6 is 39.1 Å². The molecule has 0 spiro atoms. The quantitative estimate of drug-likeness (QED) is 0.594. The Labute approximate surface area is 150 Å². The molecule has 1 aliphatic heterocycles. The van der Waals surface area contributed by atoms with Crippen LogP contribution < -0.4 is 10.4 Å². The molecule has 0 radical (unpaired) electrons. The van der Waals surface area contributed by atoms with Gasteiger partial charge in [0.05, 0.1) is 5.69 Å². The Balaban J connectivity index is 1.95. The molecule has 0 atom stereocenters. The van der Waals surface area contributed by atoms with Crippen LogP contribution in [-0.4, -0.2) is 11.8 Å². The second kappa shape index (κ2) is 6.35. The van der Waals surface area contributed by atoms with Crippen molar-refractivity contribution in [3.63, 3.8) is 0 Å². The van der Waals surface area contributed by atoms with Crippen LogP contribution in [0.2, 0.25) is 10.0 Å². The van der Waals surface area contributed by atoms with Crippen molar-refractivity contribution in [1.82, 2.24) is 5.43 Å². The monoisotopic (exact) mass is 410 g/mol. The predicted octanol–water partition coefficient (Wildman–Crippen LogP) is 4.22. The third-order valence-electron chi connectivity index (χ3n) is 3.24. The molecule has 0 aliphatic carbocycles. The highest BCUT2D eigenvalue weighted by Crippen LogP contribution is 2.26. The molecule has 2 aromatic carbocycles. The Kier molecular flexibility index (Phi) is 4.43. The molecule has 0 unspecified atom stereocenters. The number of hydrazine groups is 1. The van der Waals surface area contributed by atoms with Gasteiger partial charge < -0.3 is 0 Å². The van der Waals surface area contributed by atoms with Crippen LogP contribution in [0.25, 0.3) is 6.08 Å². The number of hydrogen-bond acceptors (Lipinski definition) is 2. The normalized spacial score (nSPS) is 16.1.